The summed E-state index contributed by atoms with van der Waals surface area (Å²) in [5.74, 6) is 0. The number of hydrogen-bond donors (Lipinski definition) is 0. The molecule has 2 heteroatoms. The van der Waals surface area contributed by atoms with Gasteiger partial charge in [-0.15, -0.1) is 0 Å². The van der Waals surface area contributed by atoms with Crippen molar-refractivity contribution in [1.29, 1.82) is 0 Å². The molecule has 8 rings (SSSR count). The minimum Gasteiger partial charge on any atom is -0.311 e. The molecule has 0 spiro atoms. The van der Waals surface area contributed by atoms with Crippen molar-refractivity contribution in [2.24, 2.45) is 0 Å². The van der Waals surface area contributed by atoms with E-state index in [1.54, 1.807) is 0 Å². The van der Waals surface area contributed by atoms with Gasteiger partial charge in [0.2, 0.25) is 0 Å². The van der Waals surface area contributed by atoms with E-state index in [1.165, 1.54) is 49.4 Å². The van der Waals surface area contributed by atoms with Crippen LogP contribution >= 0.6 is 0 Å². The zero-order valence-electron chi connectivity index (χ0n) is 23.8. The van der Waals surface area contributed by atoms with Gasteiger partial charge in [0.15, 0.2) is 0 Å². The van der Waals surface area contributed by atoms with Crippen molar-refractivity contribution in [3.8, 4) is 22.3 Å². The molecule has 42 heavy (non-hydrogen) atoms. The Morgan fingerprint density at radius 2 is 1.00 bits per heavy atom. The SMILES string of the molecule is CC1(C)c2cc(-c3ccc(N(c4ccccc4)c4ccccc4)cc3)cc3ccc4cc(-c5cccnc5)cc1c4c23. The van der Waals surface area contributed by atoms with Crippen LogP contribution in [0.5, 0.6) is 0 Å². The molecule has 0 aliphatic heterocycles. The van der Waals surface area contributed by atoms with Gasteiger partial charge in [-0.1, -0.05) is 80.6 Å². The number of pyridine rings is 1. The van der Waals surface area contributed by atoms with Crippen molar-refractivity contribution in [3.05, 3.63) is 157 Å². The van der Waals surface area contributed by atoms with Gasteiger partial charge in [-0.3, -0.25) is 4.98 Å². The molecule has 0 saturated heterocycles. The quantitative estimate of drug-likeness (QED) is 0.203. The Labute approximate surface area is 246 Å². The first-order valence-corrected chi connectivity index (χ1v) is 14.5. The highest BCUT2D eigenvalue weighted by molar-refractivity contribution is 6.16. The van der Waals surface area contributed by atoms with Crippen LogP contribution in [-0.2, 0) is 5.41 Å². The van der Waals surface area contributed by atoms with Gasteiger partial charge in [0.1, 0.15) is 0 Å². The average molecular weight is 539 g/mol. The first-order valence-electron chi connectivity index (χ1n) is 14.5. The minimum absolute atomic E-state index is 0.105. The number of hydrogen-bond acceptors (Lipinski definition) is 2. The van der Waals surface area contributed by atoms with Gasteiger partial charge in [0.25, 0.3) is 0 Å². The van der Waals surface area contributed by atoms with Crippen LogP contribution in [0.2, 0.25) is 0 Å². The predicted octanol–water partition coefficient (Wildman–Crippen LogP) is 10.8. The van der Waals surface area contributed by atoms with Gasteiger partial charge < -0.3 is 4.90 Å². The zero-order valence-corrected chi connectivity index (χ0v) is 23.8. The van der Waals surface area contributed by atoms with Gasteiger partial charge in [0, 0.05) is 40.4 Å². The van der Waals surface area contributed by atoms with Crippen molar-refractivity contribution in [1.82, 2.24) is 4.98 Å². The van der Waals surface area contributed by atoms with Crippen molar-refractivity contribution in [2.45, 2.75) is 19.3 Å². The van der Waals surface area contributed by atoms with Crippen LogP contribution in [0.3, 0.4) is 0 Å². The Kier molecular flexibility index (Phi) is 5.52. The molecule has 1 aromatic heterocycles. The van der Waals surface area contributed by atoms with Crippen LogP contribution in [0, 0.1) is 0 Å². The van der Waals surface area contributed by atoms with Gasteiger partial charge in [-0.25, -0.2) is 0 Å². The molecule has 0 atom stereocenters. The number of benzene rings is 6. The second-order valence-electron chi connectivity index (χ2n) is 11.7. The lowest BCUT2D eigenvalue weighted by molar-refractivity contribution is 0.663. The minimum atomic E-state index is -0.105. The van der Waals surface area contributed by atoms with E-state index >= 15 is 0 Å². The van der Waals surface area contributed by atoms with E-state index in [9.17, 15) is 0 Å². The lowest BCUT2D eigenvalue weighted by Crippen LogP contribution is -2.15. The molecular formula is C40H30N2. The number of para-hydroxylation sites is 2. The first-order chi connectivity index (χ1) is 20.6. The Hall–Kier alpha value is -5.21. The summed E-state index contributed by atoms with van der Waals surface area (Å²) in [7, 11) is 0. The molecule has 2 nitrogen and oxygen atoms in total. The monoisotopic (exact) mass is 538 g/mol. The Morgan fingerprint density at radius 1 is 0.476 bits per heavy atom. The fraction of sp³-hybridized carbons (Fsp3) is 0.0750. The molecule has 6 aromatic carbocycles. The Morgan fingerprint density at radius 3 is 1.52 bits per heavy atom. The second kappa shape index (κ2) is 9.43. The highest BCUT2D eigenvalue weighted by Gasteiger charge is 2.35. The summed E-state index contributed by atoms with van der Waals surface area (Å²) in [4.78, 5) is 6.68. The lowest BCUT2D eigenvalue weighted by atomic mass is 9.80. The van der Waals surface area contributed by atoms with Crippen molar-refractivity contribution < 1.29 is 0 Å². The van der Waals surface area contributed by atoms with Gasteiger partial charge >= 0.3 is 0 Å². The molecule has 200 valence electrons. The number of anilines is 3. The van der Waals surface area contributed by atoms with Crippen LogP contribution in [0.1, 0.15) is 25.0 Å². The van der Waals surface area contributed by atoms with E-state index < -0.39 is 0 Å². The van der Waals surface area contributed by atoms with Crippen molar-refractivity contribution in [3.63, 3.8) is 0 Å². The third-order valence-corrected chi connectivity index (χ3v) is 8.86. The largest absolute Gasteiger partial charge is 0.311 e. The van der Waals surface area contributed by atoms with E-state index in [0.717, 1.165) is 22.6 Å². The molecule has 0 radical (unpaired) electrons. The van der Waals surface area contributed by atoms with E-state index in [1.807, 2.05) is 18.5 Å². The summed E-state index contributed by atoms with van der Waals surface area (Å²) in [6.07, 6.45) is 3.79. The number of nitrogens with zero attached hydrogens (tertiary/aromatic N) is 2. The summed E-state index contributed by atoms with van der Waals surface area (Å²) in [6, 6.07) is 48.4. The van der Waals surface area contributed by atoms with Gasteiger partial charge in [-0.2, -0.15) is 0 Å². The second-order valence-corrected chi connectivity index (χ2v) is 11.7. The maximum atomic E-state index is 4.37. The summed E-state index contributed by atoms with van der Waals surface area (Å²) >= 11 is 0. The molecule has 0 unspecified atom stereocenters. The van der Waals surface area contributed by atoms with Gasteiger partial charge in [0.05, 0.1) is 0 Å². The fourth-order valence-corrected chi connectivity index (χ4v) is 6.73. The number of rotatable bonds is 5. The summed E-state index contributed by atoms with van der Waals surface area (Å²) in [5.41, 5.74) is 11.0. The van der Waals surface area contributed by atoms with Crippen LogP contribution in [0.15, 0.2) is 146 Å². The van der Waals surface area contributed by atoms with E-state index in [2.05, 4.69) is 151 Å². The van der Waals surface area contributed by atoms with Crippen LogP contribution in [0.25, 0.3) is 43.8 Å². The molecular weight excluding hydrogens is 508 g/mol. The average Bonchev–Trinajstić information content (AvgIpc) is 3.28. The predicted molar refractivity (Wildman–Crippen MR) is 177 cm³/mol. The smallest absolute Gasteiger partial charge is 0.0462 e. The molecule has 0 fully saturated rings. The third kappa shape index (κ3) is 3.83. The maximum absolute atomic E-state index is 4.37. The topological polar surface area (TPSA) is 16.1 Å². The summed E-state index contributed by atoms with van der Waals surface area (Å²) in [6.45, 7) is 4.74. The Balaban J connectivity index is 1.22. The lowest BCUT2D eigenvalue weighted by Gasteiger charge is -2.25. The van der Waals surface area contributed by atoms with E-state index in [4.69, 9.17) is 0 Å². The summed E-state index contributed by atoms with van der Waals surface area (Å²) in [5, 5.41) is 5.38. The highest BCUT2D eigenvalue weighted by atomic mass is 15.1. The van der Waals surface area contributed by atoms with Gasteiger partial charge in [-0.05, 0) is 116 Å². The zero-order chi connectivity index (χ0) is 28.3. The van der Waals surface area contributed by atoms with Crippen molar-refractivity contribution in [2.75, 3.05) is 4.90 Å². The molecule has 0 bridgehead atoms. The van der Waals surface area contributed by atoms with Crippen LogP contribution in [0.4, 0.5) is 17.1 Å². The molecule has 1 aliphatic rings. The number of aromatic nitrogens is 1. The Bertz CT molecular complexity index is 2040. The molecule has 0 amide bonds. The summed E-state index contributed by atoms with van der Waals surface area (Å²) < 4.78 is 0. The standard InChI is InChI=1S/C40H30N2/c1-40(2)36-24-31(22-28-15-16-29-23-32(30-10-9-21-41-26-30)25-37(40)39(29)38(28)36)27-17-19-35(20-18-27)42(33-11-5-3-6-12-33)34-13-7-4-8-14-34/h3-26H,1-2H3. The highest BCUT2D eigenvalue weighted by Crippen LogP contribution is 2.51. The molecule has 0 N–H and O–H groups in total. The van der Waals surface area contributed by atoms with E-state index in [0.29, 0.717) is 0 Å². The molecule has 7 aromatic rings. The maximum Gasteiger partial charge on any atom is 0.0462 e. The van der Waals surface area contributed by atoms with Crippen LogP contribution in [-0.4, -0.2) is 4.98 Å². The fourth-order valence-electron chi connectivity index (χ4n) is 6.73. The molecule has 0 saturated carbocycles. The van der Waals surface area contributed by atoms with Crippen LogP contribution < -0.4 is 4.90 Å². The third-order valence-electron chi connectivity index (χ3n) is 8.86. The van der Waals surface area contributed by atoms with Crippen molar-refractivity contribution >= 4 is 38.6 Å². The molecule has 1 aliphatic carbocycles. The molecule has 1 heterocycles. The first kappa shape index (κ1) is 24.6. The van der Waals surface area contributed by atoms with E-state index in [-0.39, 0.29) is 5.41 Å². The normalized spacial score (nSPS) is 13.2.